The van der Waals surface area contributed by atoms with Gasteiger partial charge in [0.15, 0.2) is 0 Å². The summed E-state index contributed by atoms with van der Waals surface area (Å²) in [4.78, 5) is 17.2. The van der Waals surface area contributed by atoms with Crippen molar-refractivity contribution in [2.24, 2.45) is 0 Å². The molecule has 6 heteroatoms. The number of hydrogen-bond acceptors (Lipinski definition) is 4. The summed E-state index contributed by atoms with van der Waals surface area (Å²) in [5.41, 5.74) is 3.91. The molecule has 6 nitrogen and oxygen atoms in total. The van der Waals surface area contributed by atoms with E-state index in [4.69, 9.17) is 0 Å². The Bertz CT molecular complexity index is 961. The van der Waals surface area contributed by atoms with Crippen LogP contribution < -0.4 is 10.6 Å². The van der Waals surface area contributed by atoms with Crippen molar-refractivity contribution in [2.45, 2.75) is 40.2 Å². The third-order valence-electron chi connectivity index (χ3n) is 4.59. The van der Waals surface area contributed by atoms with Crippen LogP contribution in [0.2, 0.25) is 0 Å². The van der Waals surface area contributed by atoms with Gasteiger partial charge >= 0.3 is 0 Å². The van der Waals surface area contributed by atoms with Crippen LogP contribution in [0.1, 0.15) is 54.3 Å². The number of carbonyl (C=O) groups is 1. The average molecular weight is 377 g/mol. The predicted octanol–water partition coefficient (Wildman–Crippen LogP) is 4.06. The van der Waals surface area contributed by atoms with E-state index in [-0.39, 0.29) is 11.7 Å². The number of amides is 1. The highest BCUT2D eigenvalue weighted by molar-refractivity contribution is 6.02. The van der Waals surface area contributed by atoms with Gasteiger partial charge in [-0.3, -0.25) is 4.79 Å². The summed E-state index contributed by atoms with van der Waals surface area (Å²) in [6.07, 6.45) is 0. The first kappa shape index (κ1) is 19.8. The molecule has 0 spiro atoms. The van der Waals surface area contributed by atoms with Gasteiger partial charge in [-0.2, -0.15) is 0 Å². The van der Waals surface area contributed by atoms with E-state index in [0.717, 1.165) is 23.5 Å². The van der Waals surface area contributed by atoms with Crippen LogP contribution in [0.5, 0.6) is 0 Å². The van der Waals surface area contributed by atoms with Gasteiger partial charge in [-0.1, -0.05) is 57.2 Å². The maximum absolute atomic E-state index is 12.8. The van der Waals surface area contributed by atoms with Crippen LogP contribution in [0.25, 0.3) is 5.69 Å². The summed E-state index contributed by atoms with van der Waals surface area (Å²) in [6.45, 7) is 9.74. The second kappa shape index (κ2) is 8.80. The van der Waals surface area contributed by atoms with Crippen LogP contribution in [0, 0.1) is 6.92 Å². The zero-order valence-corrected chi connectivity index (χ0v) is 16.9. The molecule has 0 aliphatic rings. The fraction of sp³-hybridized carbons (Fsp3) is 0.318. The Kier molecular flexibility index (Phi) is 6.21. The van der Waals surface area contributed by atoms with E-state index in [1.54, 1.807) is 4.68 Å². The van der Waals surface area contributed by atoms with Gasteiger partial charge in [-0.25, -0.2) is 9.67 Å². The number of carbonyl (C=O) groups excluding carboxylic acids is 1. The zero-order valence-electron chi connectivity index (χ0n) is 16.9. The van der Waals surface area contributed by atoms with Crippen LogP contribution in [0.15, 0.2) is 48.5 Å². The summed E-state index contributed by atoms with van der Waals surface area (Å²) >= 11 is 0. The van der Waals surface area contributed by atoms with Gasteiger partial charge in [0.25, 0.3) is 5.91 Å². The lowest BCUT2D eigenvalue weighted by molar-refractivity contribution is 0.101. The highest BCUT2D eigenvalue weighted by Crippen LogP contribution is 2.23. The first-order valence-corrected chi connectivity index (χ1v) is 9.64. The van der Waals surface area contributed by atoms with E-state index in [1.165, 1.54) is 5.56 Å². The fourth-order valence-electron chi connectivity index (χ4n) is 3.12. The number of aromatic nitrogens is 3. The van der Waals surface area contributed by atoms with E-state index in [1.807, 2.05) is 49.4 Å². The minimum Gasteiger partial charge on any atom is -0.319 e. The summed E-state index contributed by atoms with van der Waals surface area (Å²) < 4.78 is 1.74. The number of hydrogen-bond donors (Lipinski definition) is 2. The van der Waals surface area contributed by atoms with Crippen LogP contribution in [0.4, 0.5) is 5.69 Å². The number of benzene rings is 2. The monoisotopic (exact) mass is 377 g/mol. The molecule has 3 rings (SSSR count). The molecule has 3 aromatic rings. The predicted molar refractivity (Wildman–Crippen MR) is 112 cm³/mol. The Labute approximate surface area is 166 Å². The topological polar surface area (TPSA) is 71.8 Å². The molecule has 0 fully saturated rings. The molecular weight excluding hydrogens is 350 g/mol. The molecule has 0 aliphatic carbocycles. The molecule has 1 aromatic heterocycles. The van der Waals surface area contributed by atoms with E-state index >= 15 is 0 Å². The Balaban J connectivity index is 1.87. The number of anilines is 1. The van der Waals surface area contributed by atoms with E-state index < -0.39 is 0 Å². The van der Waals surface area contributed by atoms with Crippen LogP contribution in [-0.4, -0.2) is 27.2 Å². The first-order valence-electron chi connectivity index (χ1n) is 9.64. The SMILES string of the molecule is CCNCc1ccccc1NC(=O)c1nc(C)n(-c2ccccc2C(C)C)n1. The Morgan fingerprint density at radius 2 is 1.82 bits per heavy atom. The van der Waals surface area contributed by atoms with Crippen LogP contribution in [0.3, 0.4) is 0 Å². The minimum atomic E-state index is -0.312. The maximum atomic E-state index is 12.8. The molecule has 0 aliphatic heterocycles. The summed E-state index contributed by atoms with van der Waals surface area (Å²) in [5, 5.41) is 10.7. The Morgan fingerprint density at radius 3 is 2.57 bits per heavy atom. The van der Waals surface area contributed by atoms with Crippen molar-refractivity contribution in [3.8, 4) is 5.69 Å². The lowest BCUT2D eigenvalue weighted by atomic mass is 10.0. The molecule has 0 bridgehead atoms. The number of nitrogens with one attached hydrogen (secondary N) is 2. The molecule has 0 unspecified atom stereocenters. The maximum Gasteiger partial charge on any atom is 0.295 e. The van der Waals surface area contributed by atoms with Crippen molar-refractivity contribution >= 4 is 11.6 Å². The molecule has 2 aromatic carbocycles. The minimum absolute atomic E-state index is 0.161. The number of para-hydroxylation sites is 2. The van der Waals surface area contributed by atoms with Crippen molar-refractivity contribution in [3.05, 3.63) is 71.3 Å². The number of rotatable bonds is 7. The summed E-state index contributed by atoms with van der Waals surface area (Å²) in [7, 11) is 0. The van der Waals surface area contributed by atoms with Gasteiger partial charge < -0.3 is 10.6 Å². The fourth-order valence-corrected chi connectivity index (χ4v) is 3.12. The van der Waals surface area contributed by atoms with Gasteiger partial charge in [0.1, 0.15) is 5.82 Å². The van der Waals surface area contributed by atoms with Crippen molar-refractivity contribution in [1.29, 1.82) is 0 Å². The molecule has 2 N–H and O–H groups in total. The highest BCUT2D eigenvalue weighted by Gasteiger charge is 2.18. The average Bonchev–Trinajstić information content (AvgIpc) is 3.09. The van der Waals surface area contributed by atoms with Crippen molar-refractivity contribution in [3.63, 3.8) is 0 Å². The molecule has 1 heterocycles. The van der Waals surface area contributed by atoms with Gasteiger partial charge in [0.2, 0.25) is 5.82 Å². The summed E-state index contributed by atoms with van der Waals surface area (Å²) in [6, 6.07) is 15.8. The van der Waals surface area contributed by atoms with Crippen molar-refractivity contribution in [2.75, 3.05) is 11.9 Å². The lowest BCUT2D eigenvalue weighted by Gasteiger charge is -2.13. The molecule has 0 saturated heterocycles. The molecule has 0 saturated carbocycles. The first-order chi connectivity index (χ1) is 13.5. The van der Waals surface area contributed by atoms with Gasteiger partial charge in [-0.05, 0) is 42.6 Å². The third-order valence-corrected chi connectivity index (χ3v) is 4.59. The molecular formula is C22H27N5O. The smallest absolute Gasteiger partial charge is 0.295 e. The molecule has 28 heavy (non-hydrogen) atoms. The lowest BCUT2D eigenvalue weighted by Crippen LogP contribution is -2.18. The van der Waals surface area contributed by atoms with Crippen molar-refractivity contribution < 1.29 is 4.79 Å². The molecule has 146 valence electrons. The largest absolute Gasteiger partial charge is 0.319 e. The highest BCUT2D eigenvalue weighted by atomic mass is 16.2. The number of nitrogens with zero attached hydrogens (tertiary/aromatic N) is 3. The summed E-state index contributed by atoms with van der Waals surface area (Å²) in [5.74, 6) is 0.872. The Hall–Kier alpha value is -2.99. The zero-order chi connectivity index (χ0) is 20.1. The van der Waals surface area contributed by atoms with Crippen LogP contribution in [-0.2, 0) is 6.54 Å². The quantitative estimate of drug-likeness (QED) is 0.651. The second-order valence-corrected chi connectivity index (χ2v) is 7.00. The van der Waals surface area contributed by atoms with Gasteiger partial charge in [0, 0.05) is 12.2 Å². The van der Waals surface area contributed by atoms with E-state index in [2.05, 4.69) is 47.6 Å². The normalized spacial score (nSPS) is 11.0. The van der Waals surface area contributed by atoms with Crippen LogP contribution >= 0.6 is 0 Å². The van der Waals surface area contributed by atoms with E-state index in [0.29, 0.717) is 18.3 Å². The number of aryl methyl sites for hydroxylation is 1. The molecule has 0 radical (unpaired) electrons. The van der Waals surface area contributed by atoms with Crippen molar-refractivity contribution in [1.82, 2.24) is 20.1 Å². The second-order valence-electron chi connectivity index (χ2n) is 7.00. The van der Waals surface area contributed by atoms with E-state index in [9.17, 15) is 4.79 Å². The van der Waals surface area contributed by atoms with Gasteiger partial charge in [-0.15, -0.1) is 5.10 Å². The third kappa shape index (κ3) is 4.28. The van der Waals surface area contributed by atoms with Gasteiger partial charge in [0.05, 0.1) is 5.69 Å². The molecule has 0 atom stereocenters. The standard InChI is InChI=1S/C22H27N5O/c1-5-23-14-17-10-6-8-12-19(17)25-22(28)21-24-16(4)27(26-21)20-13-9-7-11-18(20)15(2)3/h6-13,15,23H,5,14H2,1-4H3,(H,25,28). The Morgan fingerprint density at radius 1 is 1.11 bits per heavy atom. The molecule has 1 amide bonds.